The molecule has 4 nitrogen and oxygen atoms in total. The third-order valence-electron chi connectivity index (χ3n) is 3.09. The molecular weight excluding hydrogens is 271 g/mol. The van der Waals surface area contributed by atoms with Crippen LogP contribution >= 0.6 is 0 Å². The molecule has 0 radical (unpaired) electrons. The zero-order valence-corrected chi connectivity index (χ0v) is 11.9. The molecule has 0 saturated carbocycles. The van der Waals surface area contributed by atoms with Gasteiger partial charge in [0.05, 0.1) is 7.11 Å². The van der Waals surface area contributed by atoms with Crippen LogP contribution in [0.5, 0.6) is 5.75 Å². The first-order valence-electron chi connectivity index (χ1n) is 6.46. The summed E-state index contributed by atoms with van der Waals surface area (Å²) < 4.78 is 18.5. The quantitative estimate of drug-likeness (QED) is 0.889. The number of methoxy groups -OCH3 is 1. The Bertz CT molecular complexity index is 621. The number of primary amides is 1. The number of amides is 1. The molecule has 1 unspecified atom stereocenters. The normalized spacial score (nSPS) is 11.8. The molecule has 0 bridgehead atoms. The summed E-state index contributed by atoms with van der Waals surface area (Å²) in [6, 6.07) is 10.7. The minimum Gasteiger partial charge on any atom is -0.497 e. The second-order valence-electron chi connectivity index (χ2n) is 4.77. The third kappa shape index (κ3) is 3.72. The smallest absolute Gasteiger partial charge is 0.244 e. The van der Waals surface area contributed by atoms with E-state index in [0.29, 0.717) is 17.0 Å². The molecule has 0 fully saturated rings. The van der Waals surface area contributed by atoms with E-state index in [9.17, 15) is 9.18 Å². The zero-order chi connectivity index (χ0) is 15.4. The van der Waals surface area contributed by atoms with E-state index in [2.05, 4.69) is 5.32 Å². The lowest BCUT2D eigenvalue weighted by atomic mass is 10.1. The van der Waals surface area contributed by atoms with Gasteiger partial charge in [0, 0.05) is 5.69 Å². The van der Waals surface area contributed by atoms with Crippen LogP contribution in [0.1, 0.15) is 17.2 Å². The van der Waals surface area contributed by atoms with Crippen molar-refractivity contribution in [3.05, 3.63) is 59.4 Å². The summed E-state index contributed by atoms with van der Waals surface area (Å²) in [6.07, 6.45) is 0. The highest BCUT2D eigenvalue weighted by Gasteiger charge is 2.18. The first-order valence-corrected chi connectivity index (χ1v) is 6.46. The zero-order valence-electron chi connectivity index (χ0n) is 11.9. The molecule has 1 amide bonds. The number of anilines is 1. The average Bonchev–Trinajstić information content (AvgIpc) is 2.43. The predicted octanol–water partition coefficient (Wildman–Crippen LogP) is 2.78. The van der Waals surface area contributed by atoms with E-state index >= 15 is 0 Å². The molecule has 0 heterocycles. The number of carbonyl (C=O) groups excluding carboxylic acids is 1. The Hall–Kier alpha value is -2.56. The lowest BCUT2D eigenvalue weighted by Gasteiger charge is -2.18. The fourth-order valence-corrected chi connectivity index (χ4v) is 2.10. The standard InChI is InChI=1S/C16H17FN2O2/c1-10-7-12(17)9-13(8-10)19-15(16(18)20)11-3-5-14(21-2)6-4-11/h3-9,15,19H,1-2H3,(H2,18,20). The highest BCUT2D eigenvalue weighted by atomic mass is 19.1. The Morgan fingerprint density at radius 2 is 1.90 bits per heavy atom. The van der Waals surface area contributed by atoms with Gasteiger partial charge in [-0.3, -0.25) is 4.79 Å². The first kappa shape index (κ1) is 14.8. The van der Waals surface area contributed by atoms with Crippen molar-refractivity contribution in [2.45, 2.75) is 13.0 Å². The number of hydrogen-bond donors (Lipinski definition) is 2. The number of rotatable bonds is 5. The fraction of sp³-hybridized carbons (Fsp3) is 0.188. The van der Waals surface area contributed by atoms with Crippen molar-refractivity contribution in [3.8, 4) is 5.75 Å². The molecule has 1 atom stereocenters. The lowest BCUT2D eigenvalue weighted by molar-refractivity contribution is -0.118. The topological polar surface area (TPSA) is 64.3 Å². The van der Waals surface area contributed by atoms with Gasteiger partial charge in [0.1, 0.15) is 17.6 Å². The molecule has 0 aliphatic heterocycles. The molecule has 5 heteroatoms. The minimum absolute atomic E-state index is 0.365. The molecule has 0 saturated heterocycles. The molecule has 110 valence electrons. The SMILES string of the molecule is COc1ccc(C(Nc2cc(C)cc(F)c2)C(N)=O)cc1. The Morgan fingerprint density at radius 1 is 1.24 bits per heavy atom. The maximum absolute atomic E-state index is 13.4. The molecular formula is C16H17FN2O2. The van der Waals surface area contributed by atoms with Gasteiger partial charge in [-0.15, -0.1) is 0 Å². The molecule has 2 aromatic rings. The highest BCUT2D eigenvalue weighted by molar-refractivity contribution is 5.84. The van der Waals surface area contributed by atoms with E-state index in [1.54, 1.807) is 44.4 Å². The van der Waals surface area contributed by atoms with Gasteiger partial charge in [0.2, 0.25) is 5.91 Å². The molecule has 2 aromatic carbocycles. The van der Waals surface area contributed by atoms with Gasteiger partial charge >= 0.3 is 0 Å². The van der Waals surface area contributed by atoms with Crippen LogP contribution in [-0.2, 0) is 4.79 Å². The van der Waals surface area contributed by atoms with Crippen LogP contribution < -0.4 is 15.8 Å². The highest BCUT2D eigenvalue weighted by Crippen LogP contribution is 2.23. The maximum atomic E-state index is 13.4. The van der Waals surface area contributed by atoms with Crippen molar-refractivity contribution in [3.63, 3.8) is 0 Å². The van der Waals surface area contributed by atoms with E-state index in [-0.39, 0.29) is 5.82 Å². The second-order valence-corrected chi connectivity index (χ2v) is 4.77. The summed E-state index contributed by atoms with van der Waals surface area (Å²) in [5.74, 6) is -0.221. The molecule has 0 aromatic heterocycles. The summed E-state index contributed by atoms with van der Waals surface area (Å²) in [7, 11) is 1.56. The van der Waals surface area contributed by atoms with Crippen molar-refractivity contribution in [1.82, 2.24) is 0 Å². The predicted molar refractivity (Wildman–Crippen MR) is 79.7 cm³/mol. The molecule has 0 aliphatic rings. The monoisotopic (exact) mass is 288 g/mol. The van der Waals surface area contributed by atoms with Gasteiger partial charge in [0.25, 0.3) is 0 Å². The second kappa shape index (κ2) is 6.26. The summed E-state index contributed by atoms with van der Waals surface area (Å²) in [6.45, 7) is 1.78. The third-order valence-corrected chi connectivity index (χ3v) is 3.09. The molecule has 21 heavy (non-hydrogen) atoms. The van der Waals surface area contributed by atoms with Crippen LogP contribution in [0.2, 0.25) is 0 Å². The number of hydrogen-bond acceptors (Lipinski definition) is 3. The summed E-state index contributed by atoms with van der Waals surface area (Å²) in [5, 5.41) is 2.96. The van der Waals surface area contributed by atoms with E-state index in [0.717, 1.165) is 5.56 Å². The van der Waals surface area contributed by atoms with Crippen LogP contribution in [0.4, 0.5) is 10.1 Å². The Balaban J connectivity index is 2.28. The van der Waals surface area contributed by atoms with Crippen molar-refractivity contribution in [2.24, 2.45) is 5.73 Å². The van der Waals surface area contributed by atoms with Crippen LogP contribution in [0.25, 0.3) is 0 Å². The van der Waals surface area contributed by atoms with Gasteiger partial charge in [-0.1, -0.05) is 12.1 Å². The molecule has 0 aliphatic carbocycles. The Labute approximate surface area is 122 Å². The molecule has 3 N–H and O–H groups in total. The van der Waals surface area contributed by atoms with Gasteiger partial charge in [-0.25, -0.2) is 4.39 Å². The number of benzene rings is 2. The van der Waals surface area contributed by atoms with Gasteiger partial charge in [-0.05, 0) is 48.4 Å². The van der Waals surface area contributed by atoms with Gasteiger partial charge in [-0.2, -0.15) is 0 Å². The largest absolute Gasteiger partial charge is 0.497 e. The fourth-order valence-electron chi connectivity index (χ4n) is 2.10. The maximum Gasteiger partial charge on any atom is 0.244 e. The van der Waals surface area contributed by atoms with Crippen molar-refractivity contribution < 1.29 is 13.9 Å². The number of ether oxygens (including phenoxy) is 1. The van der Waals surface area contributed by atoms with Crippen LogP contribution in [0.15, 0.2) is 42.5 Å². The first-order chi connectivity index (χ1) is 9.99. The van der Waals surface area contributed by atoms with Crippen LogP contribution in [-0.4, -0.2) is 13.0 Å². The number of nitrogens with two attached hydrogens (primary N) is 1. The summed E-state index contributed by atoms with van der Waals surface area (Å²) >= 11 is 0. The Kier molecular flexibility index (Phi) is 4.42. The number of halogens is 1. The van der Waals surface area contributed by atoms with Crippen molar-refractivity contribution >= 4 is 11.6 Å². The average molecular weight is 288 g/mol. The van der Waals surface area contributed by atoms with Crippen molar-refractivity contribution in [2.75, 3.05) is 12.4 Å². The molecule has 0 spiro atoms. The van der Waals surface area contributed by atoms with Crippen LogP contribution in [0, 0.1) is 12.7 Å². The summed E-state index contributed by atoms with van der Waals surface area (Å²) in [5.41, 5.74) is 7.39. The summed E-state index contributed by atoms with van der Waals surface area (Å²) in [4.78, 5) is 11.7. The lowest BCUT2D eigenvalue weighted by Crippen LogP contribution is -2.27. The van der Waals surface area contributed by atoms with E-state index in [4.69, 9.17) is 10.5 Å². The van der Waals surface area contributed by atoms with Crippen molar-refractivity contribution in [1.29, 1.82) is 0 Å². The molecule has 2 rings (SSSR count). The minimum atomic E-state index is -0.739. The van der Waals surface area contributed by atoms with E-state index in [1.807, 2.05) is 0 Å². The van der Waals surface area contributed by atoms with E-state index < -0.39 is 11.9 Å². The van der Waals surface area contributed by atoms with Crippen LogP contribution in [0.3, 0.4) is 0 Å². The van der Waals surface area contributed by atoms with Gasteiger partial charge in [0.15, 0.2) is 0 Å². The number of aryl methyl sites for hydroxylation is 1. The van der Waals surface area contributed by atoms with E-state index in [1.165, 1.54) is 12.1 Å². The number of carbonyl (C=O) groups is 1. The van der Waals surface area contributed by atoms with Gasteiger partial charge < -0.3 is 15.8 Å². The Morgan fingerprint density at radius 3 is 2.43 bits per heavy atom. The number of nitrogens with one attached hydrogen (secondary N) is 1.